The van der Waals surface area contributed by atoms with Crippen LogP contribution in [0.25, 0.3) is 11.3 Å². The Morgan fingerprint density at radius 2 is 1.61 bits per heavy atom. The smallest absolute Gasteiger partial charge is 0.229 e. The normalized spacial score (nSPS) is 10.8. The second kappa shape index (κ2) is 9.22. The maximum atomic E-state index is 5.71. The Kier molecular flexibility index (Phi) is 6.48. The number of rotatable bonds is 8. The molecular weight excluding hydrogens is 348 g/mol. The molecule has 0 aliphatic carbocycles. The molecule has 0 unspecified atom stereocenters. The fourth-order valence-electron chi connectivity index (χ4n) is 2.97. The van der Waals surface area contributed by atoms with Crippen molar-refractivity contribution < 1.29 is 4.74 Å². The van der Waals surface area contributed by atoms with Gasteiger partial charge in [-0.05, 0) is 52.0 Å². The van der Waals surface area contributed by atoms with Gasteiger partial charge in [-0.2, -0.15) is 4.98 Å². The molecule has 146 valence electrons. The number of ether oxygens (including phenoxy) is 1. The Bertz CT molecular complexity index is 875. The van der Waals surface area contributed by atoms with Crippen LogP contribution < -0.4 is 15.0 Å². The van der Waals surface area contributed by atoms with Crippen molar-refractivity contribution in [3.63, 3.8) is 0 Å². The van der Waals surface area contributed by atoms with Crippen molar-refractivity contribution in [2.45, 2.75) is 33.8 Å². The Morgan fingerprint density at radius 1 is 0.929 bits per heavy atom. The van der Waals surface area contributed by atoms with Crippen LogP contribution in [0.5, 0.6) is 5.75 Å². The number of anilines is 3. The van der Waals surface area contributed by atoms with E-state index in [0.717, 1.165) is 41.6 Å². The lowest BCUT2D eigenvalue weighted by molar-refractivity contribution is 0.242. The average Bonchev–Trinajstić information content (AvgIpc) is 2.71. The van der Waals surface area contributed by atoms with Crippen LogP contribution in [0.3, 0.4) is 0 Å². The van der Waals surface area contributed by atoms with Gasteiger partial charge >= 0.3 is 0 Å². The highest BCUT2D eigenvalue weighted by molar-refractivity contribution is 5.66. The molecule has 5 heteroatoms. The van der Waals surface area contributed by atoms with Crippen molar-refractivity contribution in [3.05, 3.63) is 60.7 Å². The first-order valence-electron chi connectivity index (χ1n) is 9.82. The first-order valence-corrected chi connectivity index (χ1v) is 9.82. The van der Waals surface area contributed by atoms with Crippen LogP contribution in [-0.2, 0) is 0 Å². The lowest BCUT2D eigenvalue weighted by Crippen LogP contribution is -2.23. The highest BCUT2D eigenvalue weighted by Gasteiger charge is 2.11. The average molecular weight is 377 g/mol. The summed E-state index contributed by atoms with van der Waals surface area (Å²) in [7, 11) is 0. The van der Waals surface area contributed by atoms with E-state index in [1.54, 1.807) is 0 Å². The summed E-state index contributed by atoms with van der Waals surface area (Å²) >= 11 is 0. The second-order valence-electron chi connectivity index (χ2n) is 6.79. The van der Waals surface area contributed by atoms with Crippen LogP contribution in [-0.4, -0.2) is 29.2 Å². The monoisotopic (exact) mass is 376 g/mol. The quantitative estimate of drug-likeness (QED) is 0.561. The summed E-state index contributed by atoms with van der Waals surface area (Å²) < 4.78 is 5.71. The molecule has 1 aromatic heterocycles. The third kappa shape index (κ3) is 5.00. The van der Waals surface area contributed by atoms with Gasteiger partial charge in [-0.25, -0.2) is 4.98 Å². The molecule has 0 radical (unpaired) electrons. The van der Waals surface area contributed by atoms with Crippen molar-refractivity contribution >= 4 is 17.5 Å². The van der Waals surface area contributed by atoms with E-state index in [-0.39, 0.29) is 6.10 Å². The van der Waals surface area contributed by atoms with Crippen molar-refractivity contribution in [1.82, 2.24) is 9.97 Å². The van der Waals surface area contributed by atoms with Crippen molar-refractivity contribution in [1.29, 1.82) is 0 Å². The Morgan fingerprint density at radius 3 is 2.21 bits per heavy atom. The van der Waals surface area contributed by atoms with E-state index in [0.29, 0.717) is 5.95 Å². The molecule has 5 nitrogen and oxygen atoms in total. The lowest BCUT2D eigenvalue weighted by atomic mass is 10.1. The van der Waals surface area contributed by atoms with Gasteiger partial charge in [0.15, 0.2) is 0 Å². The van der Waals surface area contributed by atoms with Gasteiger partial charge in [0.25, 0.3) is 0 Å². The predicted molar refractivity (Wildman–Crippen MR) is 117 cm³/mol. The first kappa shape index (κ1) is 19.7. The summed E-state index contributed by atoms with van der Waals surface area (Å²) in [6.07, 6.45) is 0.154. The van der Waals surface area contributed by atoms with E-state index in [4.69, 9.17) is 14.7 Å². The molecule has 0 amide bonds. The van der Waals surface area contributed by atoms with Crippen molar-refractivity contribution in [2.75, 3.05) is 23.3 Å². The fraction of sp³-hybridized carbons (Fsp3) is 0.304. The molecule has 28 heavy (non-hydrogen) atoms. The van der Waals surface area contributed by atoms with Crippen LogP contribution >= 0.6 is 0 Å². The summed E-state index contributed by atoms with van der Waals surface area (Å²) in [5.74, 6) is 2.35. The molecule has 3 rings (SSSR count). The molecule has 0 spiro atoms. The van der Waals surface area contributed by atoms with Gasteiger partial charge in [-0.15, -0.1) is 0 Å². The minimum absolute atomic E-state index is 0.154. The summed E-state index contributed by atoms with van der Waals surface area (Å²) in [6, 6.07) is 20.1. The summed E-state index contributed by atoms with van der Waals surface area (Å²) in [4.78, 5) is 11.7. The molecular formula is C23H28N4O. The molecule has 0 fully saturated rings. The lowest BCUT2D eigenvalue weighted by Gasteiger charge is -2.21. The van der Waals surface area contributed by atoms with Crippen LogP contribution in [0.2, 0.25) is 0 Å². The SMILES string of the molecule is CCN(CC)c1cc(-c2ccccc2)nc(Nc2ccc(OC(C)C)cc2)n1. The zero-order valence-electron chi connectivity index (χ0n) is 17.0. The molecule has 2 aromatic carbocycles. The zero-order valence-corrected chi connectivity index (χ0v) is 17.0. The molecule has 0 saturated carbocycles. The van der Waals surface area contributed by atoms with Crippen LogP contribution in [0.4, 0.5) is 17.5 Å². The molecule has 1 heterocycles. The number of nitrogens with zero attached hydrogens (tertiary/aromatic N) is 3. The van der Waals surface area contributed by atoms with Gasteiger partial charge in [-0.1, -0.05) is 30.3 Å². The first-order chi connectivity index (χ1) is 13.6. The molecule has 3 aromatic rings. The molecule has 0 aliphatic rings. The number of aromatic nitrogens is 2. The minimum atomic E-state index is 0.154. The molecule has 1 N–H and O–H groups in total. The van der Waals surface area contributed by atoms with E-state index < -0.39 is 0 Å². The van der Waals surface area contributed by atoms with E-state index in [1.807, 2.05) is 62.4 Å². The maximum absolute atomic E-state index is 5.71. The topological polar surface area (TPSA) is 50.3 Å². The summed E-state index contributed by atoms with van der Waals surface area (Å²) in [5, 5.41) is 3.33. The number of hydrogen-bond acceptors (Lipinski definition) is 5. The highest BCUT2D eigenvalue weighted by Crippen LogP contribution is 2.25. The van der Waals surface area contributed by atoms with Crippen LogP contribution in [0.15, 0.2) is 60.7 Å². The van der Waals surface area contributed by atoms with Crippen molar-refractivity contribution in [3.8, 4) is 17.0 Å². The van der Waals surface area contributed by atoms with E-state index in [2.05, 4.69) is 36.2 Å². The van der Waals surface area contributed by atoms with Gasteiger partial charge in [0.2, 0.25) is 5.95 Å². The van der Waals surface area contributed by atoms with Crippen LogP contribution in [0.1, 0.15) is 27.7 Å². The van der Waals surface area contributed by atoms with Gasteiger partial charge in [0.1, 0.15) is 11.6 Å². The summed E-state index contributed by atoms with van der Waals surface area (Å²) in [6.45, 7) is 10.1. The third-order valence-corrected chi connectivity index (χ3v) is 4.35. The number of benzene rings is 2. The number of nitrogens with one attached hydrogen (secondary N) is 1. The molecule has 0 saturated heterocycles. The molecule has 0 aliphatic heterocycles. The second-order valence-corrected chi connectivity index (χ2v) is 6.79. The Balaban J connectivity index is 1.92. The Labute approximate surface area is 167 Å². The van der Waals surface area contributed by atoms with Crippen molar-refractivity contribution in [2.24, 2.45) is 0 Å². The van der Waals surface area contributed by atoms with E-state index >= 15 is 0 Å². The maximum Gasteiger partial charge on any atom is 0.229 e. The summed E-state index contributed by atoms with van der Waals surface area (Å²) in [5.41, 5.74) is 2.90. The molecule has 0 bridgehead atoms. The van der Waals surface area contributed by atoms with E-state index in [1.165, 1.54) is 0 Å². The van der Waals surface area contributed by atoms with Crippen LogP contribution in [0, 0.1) is 0 Å². The predicted octanol–water partition coefficient (Wildman–Crippen LogP) is 5.52. The zero-order chi connectivity index (χ0) is 19.9. The highest BCUT2D eigenvalue weighted by atomic mass is 16.5. The van der Waals surface area contributed by atoms with Gasteiger partial charge in [0.05, 0.1) is 11.8 Å². The van der Waals surface area contributed by atoms with E-state index in [9.17, 15) is 0 Å². The fourth-order valence-corrected chi connectivity index (χ4v) is 2.97. The largest absolute Gasteiger partial charge is 0.491 e. The minimum Gasteiger partial charge on any atom is -0.491 e. The standard InChI is InChI=1S/C23H28N4O/c1-5-27(6-2)22-16-21(18-10-8-7-9-11-18)25-23(26-22)24-19-12-14-20(15-13-19)28-17(3)4/h7-17H,5-6H2,1-4H3,(H,24,25,26). The number of hydrogen-bond donors (Lipinski definition) is 1. The van der Waals surface area contributed by atoms with Gasteiger partial charge in [0, 0.05) is 30.4 Å². The van der Waals surface area contributed by atoms with Gasteiger partial charge in [-0.3, -0.25) is 0 Å². The molecule has 0 atom stereocenters. The third-order valence-electron chi connectivity index (χ3n) is 4.35. The Hall–Kier alpha value is -3.08. The van der Waals surface area contributed by atoms with Gasteiger partial charge < -0.3 is 15.0 Å².